The largest absolute Gasteiger partial charge is 0.419 e. The molecule has 0 unspecified atom stereocenters. The average Bonchev–Trinajstić information content (AvgIpc) is 2.11. The van der Waals surface area contributed by atoms with E-state index in [-0.39, 0.29) is 5.22 Å². The number of aromatic nitrogens is 1. The quantitative estimate of drug-likeness (QED) is 0.669. The van der Waals surface area contributed by atoms with Crippen LogP contribution in [0.2, 0.25) is 0 Å². The van der Waals surface area contributed by atoms with Gasteiger partial charge >= 0.3 is 11.4 Å². The van der Waals surface area contributed by atoms with Gasteiger partial charge < -0.3 is 4.42 Å². The van der Waals surface area contributed by atoms with Crippen molar-refractivity contribution in [3.8, 4) is 0 Å². The van der Waals surface area contributed by atoms with Gasteiger partial charge in [-0.15, -0.1) is 0 Å². The van der Waals surface area contributed by atoms with Crippen LogP contribution >= 0.6 is 0 Å². The van der Waals surface area contributed by atoms with Crippen molar-refractivity contribution in [1.29, 1.82) is 0 Å². The third kappa shape index (κ3) is 1.98. The molecule has 1 aromatic rings. The van der Waals surface area contributed by atoms with E-state index >= 15 is 0 Å². The van der Waals surface area contributed by atoms with Crippen molar-refractivity contribution in [3.05, 3.63) is 56.8 Å². The van der Waals surface area contributed by atoms with Crippen molar-refractivity contribution in [2.75, 3.05) is 0 Å². The first-order chi connectivity index (χ1) is 6.69. The van der Waals surface area contributed by atoms with Gasteiger partial charge in [-0.05, 0) is 12.2 Å². The normalized spacial score (nSPS) is 12.9. The highest BCUT2D eigenvalue weighted by molar-refractivity contribution is 5.38. The molecule has 1 rings (SSSR count). The zero-order valence-electron chi connectivity index (χ0n) is 7.45. The van der Waals surface area contributed by atoms with Gasteiger partial charge in [-0.25, -0.2) is 9.59 Å². The van der Waals surface area contributed by atoms with Gasteiger partial charge in [0.2, 0.25) is 0 Å². The molecule has 0 amide bonds. The van der Waals surface area contributed by atoms with Crippen molar-refractivity contribution >= 4 is 12.2 Å². The van der Waals surface area contributed by atoms with Gasteiger partial charge in [0.15, 0.2) is 0 Å². The van der Waals surface area contributed by atoms with Gasteiger partial charge in [0.05, 0.1) is 10.6 Å². The summed E-state index contributed by atoms with van der Waals surface area (Å²) < 4.78 is 4.35. The highest BCUT2D eigenvalue weighted by Gasteiger charge is 1.94. The van der Waals surface area contributed by atoms with E-state index in [4.69, 9.17) is 0 Å². The third-order valence-corrected chi connectivity index (χ3v) is 1.50. The summed E-state index contributed by atoms with van der Waals surface area (Å²) in [5.74, 6) is -0.788. The molecule has 0 saturated heterocycles. The van der Waals surface area contributed by atoms with Crippen LogP contribution in [0.3, 0.4) is 0 Å². The van der Waals surface area contributed by atoms with E-state index in [2.05, 4.69) is 22.6 Å². The molecular weight excluding hydrogens is 182 g/mol. The molecular formula is C10H9NO3. The third-order valence-electron chi connectivity index (χ3n) is 1.50. The second-order valence-corrected chi connectivity index (χ2v) is 2.43. The maximum Gasteiger partial charge on any atom is 0.419 e. The van der Waals surface area contributed by atoms with Gasteiger partial charge in [-0.3, -0.25) is 4.98 Å². The maximum atomic E-state index is 11.2. The van der Waals surface area contributed by atoms with Crippen LogP contribution in [0.5, 0.6) is 0 Å². The zero-order chi connectivity index (χ0) is 10.6. The molecule has 4 nitrogen and oxygen atoms in total. The van der Waals surface area contributed by atoms with Crippen LogP contribution in [0.4, 0.5) is 0 Å². The summed E-state index contributed by atoms with van der Waals surface area (Å²) in [4.78, 5) is 24.4. The first-order valence-corrected chi connectivity index (χ1v) is 3.88. The minimum atomic E-state index is -0.788. The molecule has 0 aliphatic carbocycles. The molecule has 0 fully saturated rings. The molecule has 0 spiro atoms. The fraction of sp³-hybridized carbons (Fsp3) is 0. The first-order valence-electron chi connectivity index (χ1n) is 3.88. The minimum absolute atomic E-state index is 0.250. The lowest BCUT2D eigenvalue weighted by molar-refractivity contribution is 0.440. The molecule has 0 aromatic carbocycles. The second-order valence-electron chi connectivity index (χ2n) is 2.43. The number of H-pyrrole nitrogens is 1. The van der Waals surface area contributed by atoms with Crippen molar-refractivity contribution in [3.63, 3.8) is 0 Å². The van der Waals surface area contributed by atoms with E-state index < -0.39 is 11.4 Å². The lowest BCUT2D eigenvalue weighted by Gasteiger charge is -1.86. The van der Waals surface area contributed by atoms with Gasteiger partial charge in [-0.2, -0.15) is 0 Å². The van der Waals surface area contributed by atoms with Crippen LogP contribution in [0.25, 0.3) is 12.2 Å². The van der Waals surface area contributed by atoms with E-state index in [1.807, 2.05) is 0 Å². The number of rotatable bonds is 2. The van der Waals surface area contributed by atoms with Crippen molar-refractivity contribution in [2.45, 2.75) is 0 Å². The van der Waals surface area contributed by atoms with E-state index in [1.54, 1.807) is 0 Å². The standard InChI is InChI=1S/C10H9NO3/c1-3-5-7-8(6-4-2)11-10(13)14-9(7)12/h3-6H,1-2H2,(H,11,13)/b7-5+,8-6+. The van der Waals surface area contributed by atoms with Crippen molar-refractivity contribution in [1.82, 2.24) is 4.98 Å². The summed E-state index contributed by atoms with van der Waals surface area (Å²) in [5.41, 5.74) is -0.693. The van der Waals surface area contributed by atoms with E-state index in [0.717, 1.165) is 0 Å². The molecule has 0 saturated carbocycles. The highest BCUT2D eigenvalue weighted by Crippen LogP contribution is 1.62. The SMILES string of the molecule is C=C/C=c1/[nH]c(=O)oc(=O)/c1=C/C=C. The Bertz CT molecular complexity index is 575. The zero-order valence-corrected chi connectivity index (χ0v) is 7.45. The molecule has 1 N–H and O–H groups in total. The Labute approximate surface area is 79.2 Å². The first kappa shape index (κ1) is 9.98. The Morgan fingerprint density at radius 3 is 2.36 bits per heavy atom. The Morgan fingerprint density at radius 2 is 1.79 bits per heavy atom. The molecule has 4 heteroatoms. The topological polar surface area (TPSA) is 63.1 Å². The molecule has 14 heavy (non-hydrogen) atoms. The Morgan fingerprint density at radius 1 is 1.14 bits per heavy atom. The van der Waals surface area contributed by atoms with Gasteiger partial charge in [0.1, 0.15) is 0 Å². The monoisotopic (exact) mass is 191 g/mol. The maximum absolute atomic E-state index is 11.2. The average molecular weight is 191 g/mol. The summed E-state index contributed by atoms with van der Waals surface area (Å²) >= 11 is 0. The van der Waals surface area contributed by atoms with Crippen molar-refractivity contribution in [2.24, 2.45) is 0 Å². The molecule has 0 atom stereocenters. The predicted molar refractivity (Wildman–Crippen MR) is 54.2 cm³/mol. The summed E-state index contributed by atoms with van der Waals surface area (Å²) in [6.45, 7) is 6.92. The van der Waals surface area contributed by atoms with Crippen molar-refractivity contribution < 1.29 is 4.42 Å². The lowest BCUT2D eigenvalue weighted by atomic mass is 10.3. The molecule has 0 aliphatic rings. The summed E-state index contributed by atoms with van der Waals surface area (Å²) in [5, 5.41) is 0.612. The van der Waals surface area contributed by atoms with Crippen LogP contribution in [0, 0.1) is 0 Å². The molecule has 1 aromatic heterocycles. The van der Waals surface area contributed by atoms with Gasteiger partial charge in [0, 0.05) is 0 Å². The summed E-state index contributed by atoms with van der Waals surface area (Å²) in [7, 11) is 0. The van der Waals surface area contributed by atoms with E-state index in [0.29, 0.717) is 5.35 Å². The molecule has 1 heterocycles. The number of allylic oxidation sites excluding steroid dienone is 2. The Kier molecular flexibility index (Phi) is 3.01. The molecule has 0 radical (unpaired) electrons. The van der Waals surface area contributed by atoms with Crippen LogP contribution in [-0.4, -0.2) is 4.98 Å². The highest BCUT2D eigenvalue weighted by atomic mass is 16.4. The number of hydrogen-bond donors (Lipinski definition) is 1. The molecule has 0 bridgehead atoms. The number of nitrogens with one attached hydrogen (secondary N) is 1. The number of aromatic amines is 1. The van der Waals surface area contributed by atoms with Crippen LogP contribution in [0.15, 0.2) is 39.3 Å². The fourth-order valence-electron chi connectivity index (χ4n) is 0.977. The lowest BCUT2D eigenvalue weighted by Crippen LogP contribution is -2.44. The Hall–Kier alpha value is -2.10. The van der Waals surface area contributed by atoms with Gasteiger partial charge in [0.25, 0.3) is 0 Å². The van der Waals surface area contributed by atoms with E-state index in [9.17, 15) is 9.59 Å². The molecule has 72 valence electrons. The number of hydrogen-bond acceptors (Lipinski definition) is 3. The smallest absolute Gasteiger partial charge is 0.372 e. The summed E-state index contributed by atoms with van der Waals surface area (Å²) in [6, 6.07) is 0. The fourth-order valence-corrected chi connectivity index (χ4v) is 0.977. The van der Waals surface area contributed by atoms with Crippen LogP contribution in [0.1, 0.15) is 0 Å². The van der Waals surface area contributed by atoms with Gasteiger partial charge in [-0.1, -0.05) is 25.3 Å². The second kappa shape index (κ2) is 4.23. The van der Waals surface area contributed by atoms with Crippen LogP contribution < -0.4 is 21.9 Å². The summed E-state index contributed by atoms with van der Waals surface area (Å²) in [6.07, 6.45) is 5.86. The Balaban J connectivity index is 3.90. The molecule has 0 aliphatic heterocycles. The van der Waals surface area contributed by atoms with Crippen LogP contribution in [-0.2, 0) is 0 Å². The predicted octanol–water partition coefficient (Wildman–Crippen LogP) is -0.739. The minimum Gasteiger partial charge on any atom is -0.372 e. The van der Waals surface area contributed by atoms with E-state index in [1.165, 1.54) is 24.3 Å².